The Hall–Kier alpha value is -1.81. The fourth-order valence-electron chi connectivity index (χ4n) is 1.22. The number of aliphatic hydroxyl groups excluding tert-OH is 1. The summed E-state index contributed by atoms with van der Waals surface area (Å²) >= 11 is 0. The molecule has 1 aromatic rings. The molecule has 0 saturated heterocycles. The first-order valence-electron chi connectivity index (χ1n) is 5.12. The summed E-state index contributed by atoms with van der Waals surface area (Å²) < 4.78 is 0. The molecule has 0 fully saturated rings. The number of rotatable bonds is 5. The van der Waals surface area contributed by atoms with E-state index in [9.17, 15) is 4.79 Å². The average Bonchev–Trinajstić information content (AvgIpc) is 2.29. The van der Waals surface area contributed by atoms with Crippen LogP contribution in [0.25, 0.3) is 0 Å². The number of hydrogen-bond acceptors (Lipinski definition) is 2. The maximum atomic E-state index is 11.3. The highest BCUT2D eigenvalue weighted by atomic mass is 16.3. The molecule has 0 atom stereocenters. The summed E-state index contributed by atoms with van der Waals surface area (Å²) in [5.74, 6) is 0. The fraction of sp³-hybridized carbons (Fsp3) is 0.250. The molecule has 1 aromatic carbocycles. The van der Waals surface area contributed by atoms with Crippen molar-refractivity contribution in [1.82, 2.24) is 5.32 Å². The van der Waals surface area contributed by atoms with Gasteiger partial charge in [0.25, 0.3) is 0 Å². The Kier molecular flexibility index (Phi) is 5.08. The first-order valence-corrected chi connectivity index (χ1v) is 5.12. The fourth-order valence-corrected chi connectivity index (χ4v) is 1.22. The SMILES string of the molecule is C=CCNC(=O)Nc1ccc(CCO)cc1. The molecule has 4 heteroatoms. The molecule has 0 aliphatic rings. The number of hydrogen-bond donors (Lipinski definition) is 3. The van der Waals surface area contributed by atoms with E-state index < -0.39 is 0 Å². The number of urea groups is 1. The number of amides is 2. The summed E-state index contributed by atoms with van der Waals surface area (Å²) in [6.07, 6.45) is 2.24. The minimum atomic E-state index is -0.255. The van der Waals surface area contributed by atoms with Gasteiger partial charge in [-0.25, -0.2) is 4.79 Å². The molecule has 0 aliphatic heterocycles. The van der Waals surface area contributed by atoms with Crippen molar-refractivity contribution in [1.29, 1.82) is 0 Å². The first-order chi connectivity index (χ1) is 7.76. The van der Waals surface area contributed by atoms with E-state index in [0.29, 0.717) is 13.0 Å². The van der Waals surface area contributed by atoms with Crippen LogP contribution in [0.2, 0.25) is 0 Å². The van der Waals surface area contributed by atoms with Gasteiger partial charge in [0, 0.05) is 18.8 Å². The van der Waals surface area contributed by atoms with Crippen molar-refractivity contribution < 1.29 is 9.90 Å². The molecular formula is C12H16N2O2. The number of benzene rings is 1. The molecule has 86 valence electrons. The number of carbonyl (C=O) groups is 1. The van der Waals surface area contributed by atoms with E-state index in [1.807, 2.05) is 12.1 Å². The zero-order valence-electron chi connectivity index (χ0n) is 9.07. The number of nitrogens with one attached hydrogen (secondary N) is 2. The lowest BCUT2D eigenvalue weighted by atomic mass is 10.1. The Morgan fingerprint density at radius 1 is 1.38 bits per heavy atom. The lowest BCUT2D eigenvalue weighted by molar-refractivity contribution is 0.253. The van der Waals surface area contributed by atoms with Crippen molar-refractivity contribution in [2.75, 3.05) is 18.5 Å². The molecule has 2 amide bonds. The maximum absolute atomic E-state index is 11.3. The van der Waals surface area contributed by atoms with Gasteiger partial charge in [-0.05, 0) is 24.1 Å². The van der Waals surface area contributed by atoms with Gasteiger partial charge in [-0.2, -0.15) is 0 Å². The minimum absolute atomic E-state index is 0.132. The predicted octanol–water partition coefficient (Wildman–Crippen LogP) is 1.53. The second kappa shape index (κ2) is 6.63. The highest BCUT2D eigenvalue weighted by Crippen LogP contribution is 2.09. The van der Waals surface area contributed by atoms with Gasteiger partial charge in [0.15, 0.2) is 0 Å². The number of carbonyl (C=O) groups excluding carboxylic acids is 1. The molecule has 0 bridgehead atoms. The Bertz CT molecular complexity index is 347. The molecule has 0 radical (unpaired) electrons. The van der Waals surface area contributed by atoms with E-state index in [2.05, 4.69) is 17.2 Å². The van der Waals surface area contributed by atoms with Gasteiger partial charge in [-0.1, -0.05) is 18.2 Å². The zero-order chi connectivity index (χ0) is 11.8. The molecule has 4 nitrogen and oxygen atoms in total. The summed E-state index contributed by atoms with van der Waals surface area (Å²) in [6, 6.07) is 7.10. The highest BCUT2D eigenvalue weighted by molar-refractivity contribution is 5.89. The van der Waals surface area contributed by atoms with E-state index in [4.69, 9.17) is 5.11 Å². The van der Waals surface area contributed by atoms with Crippen LogP contribution >= 0.6 is 0 Å². The van der Waals surface area contributed by atoms with E-state index in [1.54, 1.807) is 18.2 Å². The molecule has 0 unspecified atom stereocenters. The normalized spacial score (nSPS) is 9.56. The van der Waals surface area contributed by atoms with Crippen LogP contribution in [-0.2, 0) is 6.42 Å². The average molecular weight is 220 g/mol. The third-order valence-electron chi connectivity index (χ3n) is 2.02. The molecule has 0 spiro atoms. The number of aliphatic hydroxyl groups is 1. The molecular weight excluding hydrogens is 204 g/mol. The Morgan fingerprint density at radius 2 is 2.06 bits per heavy atom. The standard InChI is InChI=1S/C12H16N2O2/c1-2-8-13-12(16)14-11-5-3-10(4-6-11)7-9-15/h2-6,15H,1,7-9H2,(H2,13,14,16). The molecule has 0 aromatic heterocycles. The quantitative estimate of drug-likeness (QED) is 0.659. The van der Waals surface area contributed by atoms with Crippen LogP contribution in [0.3, 0.4) is 0 Å². The van der Waals surface area contributed by atoms with Crippen LogP contribution < -0.4 is 10.6 Å². The molecule has 0 heterocycles. The molecule has 3 N–H and O–H groups in total. The summed E-state index contributed by atoms with van der Waals surface area (Å²) in [7, 11) is 0. The van der Waals surface area contributed by atoms with Crippen molar-refractivity contribution in [3.05, 3.63) is 42.5 Å². The van der Waals surface area contributed by atoms with Crippen molar-refractivity contribution in [2.45, 2.75) is 6.42 Å². The molecule has 0 aliphatic carbocycles. The van der Waals surface area contributed by atoms with Gasteiger partial charge in [-0.15, -0.1) is 6.58 Å². The molecule has 1 rings (SSSR count). The van der Waals surface area contributed by atoms with Crippen LogP contribution in [0.5, 0.6) is 0 Å². The van der Waals surface area contributed by atoms with Crippen molar-refractivity contribution >= 4 is 11.7 Å². The molecule has 16 heavy (non-hydrogen) atoms. The zero-order valence-corrected chi connectivity index (χ0v) is 9.07. The van der Waals surface area contributed by atoms with Crippen LogP contribution in [-0.4, -0.2) is 24.3 Å². The van der Waals surface area contributed by atoms with E-state index in [0.717, 1.165) is 11.3 Å². The summed E-state index contributed by atoms with van der Waals surface area (Å²) in [4.78, 5) is 11.3. The minimum Gasteiger partial charge on any atom is -0.396 e. The smallest absolute Gasteiger partial charge is 0.319 e. The second-order valence-corrected chi connectivity index (χ2v) is 3.29. The maximum Gasteiger partial charge on any atom is 0.319 e. The predicted molar refractivity (Wildman–Crippen MR) is 64.5 cm³/mol. The Morgan fingerprint density at radius 3 is 2.62 bits per heavy atom. The lowest BCUT2D eigenvalue weighted by Gasteiger charge is -2.06. The molecule has 0 saturated carbocycles. The topological polar surface area (TPSA) is 61.4 Å². The Labute approximate surface area is 95.0 Å². The van der Waals surface area contributed by atoms with E-state index in [1.165, 1.54) is 0 Å². The third-order valence-corrected chi connectivity index (χ3v) is 2.02. The van der Waals surface area contributed by atoms with Gasteiger partial charge in [-0.3, -0.25) is 0 Å². The van der Waals surface area contributed by atoms with Crippen LogP contribution in [0.4, 0.5) is 10.5 Å². The summed E-state index contributed by atoms with van der Waals surface area (Å²) in [5.41, 5.74) is 1.77. The van der Waals surface area contributed by atoms with Crippen LogP contribution in [0.1, 0.15) is 5.56 Å². The van der Waals surface area contributed by atoms with Crippen LogP contribution in [0.15, 0.2) is 36.9 Å². The van der Waals surface area contributed by atoms with Crippen molar-refractivity contribution in [3.63, 3.8) is 0 Å². The van der Waals surface area contributed by atoms with Crippen molar-refractivity contribution in [2.24, 2.45) is 0 Å². The summed E-state index contributed by atoms with van der Waals surface area (Å²) in [5, 5.41) is 14.0. The van der Waals surface area contributed by atoms with Crippen LogP contribution in [0, 0.1) is 0 Å². The number of anilines is 1. The van der Waals surface area contributed by atoms with Gasteiger partial charge in [0.1, 0.15) is 0 Å². The monoisotopic (exact) mass is 220 g/mol. The van der Waals surface area contributed by atoms with Gasteiger partial charge < -0.3 is 15.7 Å². The van der Waals surface area contributed by atoms with Gasteiger partial charge >= 0.3 is 6.03 Å². The Balaban J connectivity index is 2.48. The van der Waals surface area contributed by atoms with Crippen molar-refractivity contribution in [3.8, 4) is 0 Å². The summed E-state index contributed by atoms with van der Waals surface area (Å²) in [6.45, 7) is 4.08. The lowest BCUT2D eigenvalue weighted by Crippen LogP contribution is -2.28. The third kappa shape index (κ3) is 4.14. The van der Waals surface area contributed by atoms with E-state index >= 15 is 0 Å². The van der Waals surface area contributed by atoms with E-state index in [-0.39, 0.29) is 12.6 Å². The van der Waals surface area contributed by atoms with Gasteiger partial charge in [0.05, 0.1) is 0 Å². The largest absolute Gasteiger partial charge is 0.396 e. The second-order valence-electron chi connectivity index (χ2n) is 3.29. The first kappa shape index (κ1) is 12.3. The highest BCUT2D eigenvalue weighted by Gasteiger charge is 1.99. The van der Waals surface area contributed by atoms with Gasteiger partial charge in [0.2, 0.25) is 0 Å².